The predicted molar refractivity (Wildman–Crippen MR) is 104 cm³/mol. The first-order valence-electron chi connectivity index (χ1n) is 9.38. The maximum Gasteiger partial charge on any atom is 0.118 e. The molecule has 0 aromatic heterocycles. The number of fused-ring (bicyclic) bond motifs is 1. The van der Waals surface area contributed by atoms with Crippen LogP contribution in [0.4, 0.5) is 0 Å². The number of methoxy groups -OCH3 is 2. The smallest absolute Gasteiger partial charge is 0.118 e. The molecule has 0 bridgehead atoms. The second-order valence-electron chi connectivity index (χ2n) is 7.39. The SMILES string of the molecule is COc1ccc(C2=C(c3ccc(OC)cc3)C[C@H]3[C@H](CC[C@H]3O)C2)cc1. The Morgan fingerprint density at radius 3 is 1.73 bits per heavy atom. The van der Waals surface area contributed by atoms with Crippen LogP contribution in [-0.4, -0.2) is 25.4 Å². The predicted octanol–water partition coefficient (Wildman–Crippen LogP) is 4.80. The van der Waals surface area contributed by atoms with Crippen LogP contribution in [0.15, 0.2) is 48.5 Å². The van der Waals surface area contributed by atoms with Crippen LogP contribution in [0.1, 0.15) is 36.8 Å². The Hall–Kier alpha value is -2.26. The number of hydrogen-bond donors (Lipinski definition) is 1. The fraction of sp³-hybridized carbons (Fsp3) is 0.391. The molecule has 2 aliphatic carbocycles. The van der Waals surface area contributed by atoms with Crippen molar-refractivity contribution < 1.29 is 14.6 Å². The lowest BCUT2D eigenvalue weighted by Crippen LogP contribution is -2.23. The van der Waals surface area contributed by atoms with Gasteiger partial charge in [0.25, 0.3) is 0 Å². The molecule has 0 saturated heterocycles. The van der Waals surface area contributed by atoms with Crippen LogP contribution < -0.4 is 9.47 Å². The van der Waals surface area contributed by atoms with Crippen LogP contribution >= 0.6 is 0 Å². The van der Waals surface area contributed by atoms with E-state index in [9.17, 15) is 5.11 Å². The van der Waals surface area contributed by atoms with Gasteiger partial charge in [-0.05, 0) is 84.1 Å². The zero-order valence-corrected chi connectivity index (χ0v) is 15.4. The van der Waals surface area contributed by atoms with Crippen molar-refractivity contribution in [3.63, 3.8) is 0 Å². The number of benzene rings is 2. The van der Waals surface area contributed by atoms with Gasteiger partial charge in [-0.25, -0.2) is 0 Å². The lowest BCUT2D eigenvalue weighted by atomic mass is 9.73. The lowest BCUT2D eigenvalue weighted by Gasteiger charge is -2.32. The minimum Gasteiger partial charge on any atom is -0.497 e. The second kappa shape index (κ2) is 7.16. The molecule has 1 saturated carbocycles. The van der Waals surface area contributed by atoms with Gasteiger partial charge < -0.3 is 14.6 Å². The quantitative estimate of drug-likeness (QED) is 0.861. The highest BCUT2D eigenvalue weighted by molar-refractivity contribution is 5.92. The van der Waals surface area contributed by atoms with Crippen LogP contribution in [0.3, 0.4) is 0 Å². The Morgan fingerprint density at radius 1 is 0.731 bits per heavy atom. The summed E-state index contributed by atoms with van der Waals surface area (Å²) in [5.41, 5.74) is 5.26. The molecular formula is C23H26O3. The summed E-state index contributed by atoms with van der Waals surface area (Å²) in [5, 5.41) is 10.4. The molecule has 1 N–H and O–H groups in total. The molecule has 3 heteroatoms. The molecule has 0 heterocycles. The minimum absolute atomic E-state index is 0.161. The first-order chi connectivity index (χ1) is 12.7. The molecule has 3 nitrogen and oxygen atoms in total. The Morgan fingerprint density at radius 2 is 1.23 bits per heavy atom. The molecule has 1 fully saturated rings. The van der Waals surface area contributed by atoms with E-state index in [1.54, 1.807) is 14.2 Å². The van der Waals surface area contributed by atoms with Crippen molar-refractivity contribution >= 4 is 11.1 Å². The number of aliphatic hydroxyl groups is 1. The van der Waals surface area contributed by atoms with E-state index in [0.717, 1.165) is 37.2 Å². The van der Waals surface area contributed by atoms with Crippen LogP contribution in [0.5, 0.6) is 11.5 Å². The van der Waals surface area contributed by atoms with Crippen LogP contribution in [0, 0.1) is 11.8 Å². The van der Waals surface area contributed by atoms with Crippen LogP contribution in [-0.2, 0) is 0 Å². The van der Waals surface area contributed by atoms with E-state index in [1.807, 2.05) is 24.3 Å². The Kier molecular flexibility index (Phi) is 4.73. The van der Waals surface area contributed by atoms with Crippen molar-refractivity contribution in [3.05, 3.63) is 59.7 Å². The first-order valence-corrected chi connectivity index (χ1v) is 9.38. The van der Waals surface area contributed by atoms with E-state index in [0.29, 0.717) is 11.8 Å². The normalized spacial score (nSPS) is 25.1. The summed E-state index contributed by atoms with van der Waals surface area (Å²) in [6.07, 6.45) is 3.88. The fourth-order valence-corrected chi connectivity index (χ4v) is 4.60. The van der Waals surface area contributed by atoms with Gasteiger partial charge in [-0.1, -0.05) is 24.3 Å². The average Bonchev–Trinajstić information content (AvgIpc) is 3.07. The molecular weight excluding hydrogens is 324 g/mol. The summed E-state index contributed by atoms with van der Waals surface area (Å²) in [6.45, 7) is 0. The van der Waals surface area contributed by atoms with Crippen molar-refractivity contribution in [2.45, 2.75) is 31.8 Å². The van der Waals surface area contributed by atoms with Gasteiger partial charge in [0.2, 0.25) is 0 Å². The van der Waals surface area contributed by atoms with Gasteiger partial charge in [0.15, 0.2) is 0 Å². The van der Waals surface area contributed by atoms with Gasteiger partial charge >= 0.3 is 0 Å². The van der Waals surface area contributed by atoms with Gasteiger partial charge in [0.1, 0.15) is 11.5 Å². The van der Waals surface area contributed by atoms with E-state index >= 15 is 0 Å². The molecule has 0 amide bonds. The number of hydrogen-bond acceptors (Lipinski definition) is 3. The molecule has 0 unspecified atom stereocenters. The standard InChI is InChI=1S/C23H26O3/c1-25-18-8-3-15(4-9-18)20-13-17-7-12-23(24)22(17)14-21(20)16-5-10-19(26-2)11-6-16/h3-6,8-11,17,22-24H,7,12-14H2,1-2H3/t17-,22+,23-/m1/s1. The highest BCUT2D eigenvalue weighted by Gasteiger charge is 2.39. The van der Waals surface area contributed by atoms with Crippen molar-refractivity contribution in [2.24, 2.45) is 11.8 Å². The molecule has 2 aliphatic rings. The summed E-state index contributed by atoms with van der Waals surface area (Å²) < 4.78 is 10.6. The third kappa shape index (κ3) is 3.12. The van der Waals surface area contributed by atoms with Crippen molar-refractivity contribution in [2.75, 3.05) is 14.2 Å². The molecule has 0 spiro atoms. The van der Waals surface area contributed by atoms with Gasteiger partial charge in [-0.3, -0.25) is 0 Å². The number of allylic oxidation sites excluding steroid dienone is 2. The maximum absolute atomic E-state index is 10.4. The molecule has 3 atom stereocenters. The van der Waals surface area contributed by atoms with Gasteiger partial charge in [0.05, 0.1) is 20.3 Å². The molecule has 0 radical (unpaired) electrons. The average molecular weight is 350 g/mol. The highest BCUT2D eigenvalue weighted by Crippen LogP contribution is 2.50. The van der Waals surface area contributed by atoms with E-state index in [-0.39, 0.29) is 6.10 Å². The van der Waals surface area contributed by atoms with E-state index in [2.05, 4.69) is 24.3 Å². The number of rotatable bonds is 4. The minimum atomic E-state index is -0.161. The van der Waals surface area contributed by atoms with E-state index < -0.39 is 0 Å². The second-order valence-corrected chi connectivity index (χ2v) is 7.39. The maximum atomic E-state index is 10.4. The zero-order chi connectivity index (χ0) is 18.1. The van der Waals surface area contributed by atoms with Crippen LogP contribution in [0.2, 0.25) is 0 Å². The van der Waals surface area contributed by atoms with Crippen molar-refractivity contribution in [1.29, 1.82) is 0 Å². The van der Waals surface area contributed by atoms with Gasteiger partial charge in [-0.2, -0.15) is 0 Å². The first kappa shape index (κ1) is 17.2. The molecule has 2 aromatic rings. The third-order valence-corrected chi connectivity index (χ3v) is 6.08. The topological polar surface area (TPSA) is 38.7 Å². The van der Waals surface area contributed by atoms with Crippen molar-refractivity contribution in [3.8, 4) is 11.5 Å². The Labute approximate surface area is 155 Å². The molecule has 26 heavy (non-hydrogen) atoms. The Bertz CT molecular complexity index is 789. The lowest BCUT2D eigenvalue weighted by molar-refractivity contribution is 0.119. The number of ether oxygens (including phenoxy) is 2. The van der Waals surface area contributed by atoms with Gasteiger partial charge in [-0.15, -0.1) is 0 Å². The zero-order valence-electron chi connectivity index (χ0n) is 15.4. The summed E-state index contributed by atoms with van der Waals surface area (Å²) in [6, 6.07) is 16.7. The summed E-state index contributed by atoms with van der Waals surface area (Å²) in [7, 11) is 3.39. The highest BCUT2D eigenvalue weighted by atomic mass is 16.5. The summed E-state index contributed by atoms with van der Waals surface area (Å²) >= 11 is 0. The van der Waals surface area contributed by atoms with Crippen molar-refractivity contribution in [1.82, 2.24) is 0 Å². The summed E-state index contributed by atoms with van der Waals surface area (Å²) in [5.74, 6) is 2.72. The fourth-order valence-electron chi connectivity index (χ4n) is 4.60. The molecule has 0 aliphatic heterocycles. The van der Waals surface area contributed by atoms with E-state index in [4.69, 9.17) is 9.47 Å². The number of aliphatic hydroxyl groups excluding tert-OH is 1. The monoisotopic (exact) mass is 350 g/mol. The third-order valence-electron chi connectivity index (χ3n) is 6.08. The molecule has 4 rings (SSSR count). The Balaban J connectivity index is 1.77. The van der Waals surface area contributed by atoms with Gasteiger partial charge in [0, 0.05) is 0 Å². The molecule has 136 valence electrons. The largest absolute Gasteiger partial charge is 0.497 e. The molecule has 2 aromatic carbocycles. The van der Waals surface area contributed by atoms with Crippen LogP contribution in [0.25, 0.3) is 11.1 Å². The van der Waals surface area contributed by atoms with E-state index in [1.165, 1.54) is 22.3 Å². The summed E-state index contributed by atoms with van der Waals surface area (Å²) in [4.78, 5) is 0.